The summed E-state index contributed by atoms with van der Waals surface area (Å²) < 4.78 is 17.4. The highest BCUT2D eigenvalue weighted by molar-refractivity contribution is 7.85. The van der Waals surface area contributed by atoms with Gasteiger partial charge in [-0.2, -0.15) is 4.98 Å². The lowest BCUT2D eigenvalue weighted by Crippen LogP contribution is -2.16. The lowest BCUT2D eigenvalue weighted by molar-refractivity contribution is -0.115. The van der Waals surface area contributed by atoms with E-state index in [-0.39, 0.29) is 12.3 Å². The van der Waals surface area contributed by atoms with Crippen molar-refractivity contribution in [3.8, 4) is 10.8 Å². The van der Waals surface area contributed by atoms with Crippen molar-refractivity contribution in [3.63, 3.8) is 0 Å². The second-order valence-electron chi connectivity index (χ2n) is 8.30. The van der Waals surface area contributed by atoms with Gasteiger partial charge in [0.2, 0.25) is 5.91 Å². The summed E-state index contributed by atoms with van der Waals surface area (Å²) in [6.45, 7) is 1.87. The van der Waals surface area contributed by atoms with E-state index in [9.17, 15) is 9.00 Å². The summed E-state index contributed by atoms with van der Waals surface area (Å²) in [5.74, 6) is 1.40. The van der Waals surface area contributed by atoms with Gasteiger partial charge in [-0.15, -0.1) is 11.3 Å². The van der Waals surface area contributed by atoms with Gasteiger partial charge < -0.3 is 9.84 Å². The molecule has 180 valence electrons. The van der Waals surface area contributed by atoms with Crippen molar-refractivity contribution in [2.24, 2.45) is 0 Å². The van der Waals surface area contributed by atoms with Crippen molar-refractivity contribution in [1.82, 2.24) is 10.1 Å². The largest absolute Gasteiger partial charge is 0.333 e. The molecule has 0 spiro atoms. The smallest absolute Gasteiger partial charge is 0.268 e. The number of benzene rings is 2. The number of nitrogens with zero attached hydrogens (tertiary/aromatic N) is 2. The van der Waals surface area contributed by atoms with E-state index >= 15 is 0 Å². The van der Waals surface area contributed by atoms with E-state index in [1.165, 1.54) is 11.3 Å². The van der Waals surface area contributed by atoms with Crippen LogP contribution in [0.3, 0.4) is 0 Å². The van der Waals surface area contributed by atoms with E-state index in [1.807, 2.05) is 36.6 Å². The first-order valence-corrected chi connectivity index (χ1v) is 14.0. The monoisotopic (exact) mass is 545 g/mol. The van der Waals surface area contributed by atoms with Crippen LogP contribution in [0.25, 0.3) is 10.8 Å². The highest BCUT2D eigenvalue weighted by Crippen LogP contribution is 2.57. The van der Waals surface area contributed by atoms with Crippen LogP contribution in [0.15, 0.2) is 63.3 Å². The zero-order chi connectivity index (χ0) is 24.6. The summed E-state index contributed by atoms with van der Waals surface area (Å²) in [5, 5.41) is 9.93. The molecule has 0 aliphatic heterocycles. The van der Waals surface area contributed by atoms with Gasteiger partial charge in [-0.3, -0.25) is 9.00 Å². The molecule has 2 heterocycles. The number of carbonyl (C=O) groups excluding carboxylic acids is 1. The molecule has 1 fully saturated rings. The Kier molecular flexibility index (Phi) is 6.81. The van der Waals surface area contributed by atoms with Crippen LogP contribution < -0.4 is 5.32 Å². The first-order valence-electron chi connectivity index (χ1n) is 11.0. The van der Waals surface area contributed by atoms with Gasteiger partial charge in [0.25, 0.3) is 5.89 Å². The fourth-order valence-electron chi connectivity index (χ4n) is 4.05. The zero-order valence-electron chi connectivity index (χ0n) is 18.7. The maximum absolute atomic E-state index is 12.6. The first kappa shape index (κ1) is 24.2. The minimum Gasteiger partial charge on any atom is -0.333 e. The maximum Gasteiger partial charge on any atom is 0.268 e. The molecular formula is C25H21Cl2N3O3S2. The summed E-state index contributed by atoms with van der Waals surface area (Å²) in [4.78, 5) is 18.9. The molecule has 1 saturated carbocycles. The third-order valence-corrected chi connectivity index (χ3v) is 8.73. The van der Waals surface area contributed by atoms with Gasteiger partial charge in [0.05, 0.1) is 27.5 Å². The zero-order valence-corrected chi connectivity index (χ0v) is 21.9. The summed E-state index contributed by atoms with van der Waals surface area (Å²) in [7, 11) is -1.02. The minimum atomic E-state index is -1.02. The third kappa shape index (κ3) is 4.93. The van der Waals surface area contributed by atoms with Gasteiger partial charge in [0, 0.05) is 31.9 Å². The quantitative estimate of drug-likeness (QED) is 0.273. The molecular weight excluding hydrogens is 525 g/mol. The molecule has 35 heavy (non-hydrogen) atoms. The molecule has 0 saturated heterocycles. The summed E-state index contributed by atoms with van der Waals surface area (Å²) in [6, 6.07) is 14.5. The SMILES string of the molecule is CCS(=O)c1ccc(CC(=O)Nc2cc(Cl)c(C3(c4noc(-c5cccs5)n4)CC3)c(Cl)c2)cc1. The Hall–Kier alpha value is -2.52. The van der Waals surface area contributed by atoms with E-state index in [4.69, 9.17) is 27.7 Å². The predicted octanol–water partition coefficient (Wildman–Crippen LogP) is 6.49. The second-order valence-corrected chi connectivity index (χ2v) is 11.8. The molecule has 5 rings (SSSR count). The van der Waals surface area contributed by atoms with Crippen LogP contribution in [0.2, 0.25) is 10.0 Å². The van der Waals surface area contributed by atoms with Gasteiger partial charge in [-0.25, -0.2) is 0 Å². The molecule has 1 unspecified atom stereocenters. The lowest BCUT2D eigenvalue weighted by Gasteiger charge is -2.17. The molecule has 1 aliphatic carbocycles. The van der Waals surface area contributed by atoms with Crippen molar-refractivity contribution < 1.29 is 13.5 Å². The van der Waals surface area contributed by atoms with Gasteiger partial charge in [-0.05, 0) is 54.1 Å². The molecule has 6 nitrogen and oxygen atoms in total. The number of carbonyl (C=O) groups is 1. The molecule has 4 aromatic rings. The molecule has 0 bridgehead atoms. The van der Waals surface area contributed by atoms with Gasteiger partial charge in [0.1, 0.15) is 0 Å². The Morgan fingerprint density at radius 2 is 1.89 bits per heavy atom. The molecule has 0 radical (unpaired) electrons. The molecule has 2 aromatic heterocycles. The van der Waals surface area contributed by atoms with Gasteiger partial charge >= 0.3 is 0 Å². The van der Waals surface area contributed by atoms with Crippen molar-refractivity contribution in [2.45, 2.75) is 36.5 Å². The minimum absolute atomic E-state index is 0.175. The third-order valence-electron chi connectivity index (χ3n) is 5.95. The number of hydrogen-bond donors (Lipinski definition) is 1. The highest BCUT2D eigenvalue weighted by atomic mass is 35.5. The van der Waals surface area contributed by atoms with E-state index in [2.05, 4.69) is 15.5 Å². The van der Waals surface area contributed by atoms with E-state index in [0.29, 0.717) is 33.2 Å². The number of thiophene rings is 1. The van der Waals surface area contributed by atoms with Gasteiger partial charge in [0.15, 0.2) is 5.82 Å². The normalized spacial score (nSPS) is 15.1. The van der Waals surface area contributed by atoms with Crippen LogP contribution >= 0.6 is 34.5 Å². The number of hydrogen-bond acceptors (Lipinski definition) is 6. The fraction of sp³-hybridized carbons (Fsp3) is 0.240. The molecule has 10 heteroatoms. The number of rotatable bonds is 8. The molecule has 1 N–H and O–H groups in total. The predicted molar refractivity (Wildman–Crippen MR) is 140 cm³/mol. The topological polar surface area (TPSA) is 85.1 Å². The molecule has 2 aromatic carbocycles. The van der Waals surface area contributed by atoms with Gasteiger partial charge in [-0.1, -0.05) is 53.5 Å². The van der Waals surface area contributed by atoms with Crippen LogP contribution in [0.5, 0.6) is 0 Å². The van der Waals surface area contributed by atoms with Crippen LogP contribution in [-0.4, -0.2) is 26.0 Å². The Labute approximate surface area is 219 Å². The fourth-order valence-corrected chi connectivity index (χ4v) is 6.31. The second kappa shape index (κ2) is 9.85. The van der Waals surface area contributed by atoms with E-state index < -0.39 is 16.2 Å². The number of anilines is 1. The van der Waals surface area contributed by atoms with Crippen molar-refractivity contribution in [3.05, 3.63) is 80.9 Å². The van der Waals surface area contributed by atoms with E-state index in [0.717, 1.165) is 33.7 Å². The summed E-state index contributed by atoms with van der Waals surface area (Å²) in [5.41, 5.74) is 1.59. The van der Waals surface area contributed by atoms with Crippen LogP contribution in [0.4, 0.5) is 5.69 Å². The molecule has 1 aliphatic rings. The van der Waals surface area contributed by atoms with Crippen LogP contribution in [0, 0.1) is 0 Å². The average Bonchev–Trinajstić information content (AvgIpc) is 3.23. The van der Waals surface area contributed by atoms with Crippen LogP contribution in [0.1, 0.15) is 36.7 Å². The number of nitrogens with one attached hydrogen (secondary N) is 1. The molecule has 1 atom stereocenters. The maximum atomic E-state index is 12.6. The summed E-state index contributed by atoms with van der Waals surface area (Å²) >= 11 is 14.9. The first-order chi connectivity index (χ1) is 16.9. The number of amides is 1. The molecule has 1 amide bonds. The Morgan fingerprint density at radius 3 is 2.49 bits per heavy atom. The van der Waals surface area contributed by atoms with Crippen molar-refractivity contribution in [1.29, 1.82) is 0 Å². The Bertz CT molecular complexity index is 1370. The Morgan fingerprint density at radius 1 is 1.17 bits per heavy atom. The Balaban J connectivity index is 1.32. The van der Waals surface area contributed by atoms with Crippen molar-refractivity contribution >= 4 is 56.9 Å². The van der Waals surface area contributed by atoms with Crippen molar-refractivity contribution in [2.75, 3.05) is 11.1 Å². The highest BCUT2D eigenvalue weighted by Gasteiger charge is 2.52. The lowest BCUT2D eigenvalue weighted by atomic mass is 9.94. The standard InChI is InChI=1S/C25H21Cl2N3O3S2/c1-2-35(32)17-7-5-15(6-8-17)12-21(31)28-16-13-18(26)22(19(27)14-16)25(9-10-25)24-29-23(33-30-24)20-4-3-11-34-20/h3-8,11,13-14H,2,9-10,12H2,1H3,(H,28,31). The van der Waals surface area contributed by atoms with Crippen LogP contribution in [-0.2, 0) is 27.4 Å². The number of halogens is 2. The van der Waals surface area contributed by atoms with E-state index in [1.54, 1.807) is 24.3 Å². The summed E-state index contributed by atoms with van der Waals surface area (Å²) in [6.07, 6.45) is 1.79. The average molecular weight is 547 g/mol. The number of aromatic nitrogens is 2.